The number of benzene rings is 1. The largest absolute Gasteiger partial charge is 0.352 e. The van der Waals surface area contributed by atoms with E-state index in [1.165, 1.54) is 24.6 Å². The van der Waals surface area contributed by atoms with Gasteiger partial charge in [0.15, 0.2) is 0 Å². The molecule has 2 aliphatic rings. The molecule has 0 unspecified atom stereocenters. The number of rotatable bonds is 5. The van der Waals surface area contributed by atoms with Gasteiger partial charge >= 0.3 is 0 Å². The van der Waals surface area contributed by atoms with Gasteiger partial charge in [-0.3, -0.25) is 4.79 Å². The van der Waals surface area contributed by atoms with Gasteiger partial charge in [0.25, 0.3) is 0 Å². The quantitative estimate of drug-likeness (QED) is 0.821. The maximum atomic E-state index is 13.5. The highest BCUT2D eigenvalue weighted by atomic mass is 32.2. The normalized spacial score (nSPS) is 21.3. The van der Waals surface area contributed by atoms with Crippen molar-refractivity contribution in [3.8, 4) is 0 Å². The summed E-state index contributed by atoms with van der Waals surface area (Å²) in [5.74, 6) is -0.846. The zero-order chi connectivity index (χ0) is 18.6. The summed E-state index contributed by atoms with van der Waals surface area (Å²) in [6.45, 7) is 0. The first-order valence-electron chi connectivity index (χ1n) is 9.52. The maximum absolute atomic E-state index is 13.5. The molecule has 0 radical (unpaired) electrons. The first-order chi connectivity index (χ1) is 12.4. The fourth-order valence-corrected chi connectivity index (χ4v) is 5.51. The highest BCUT2D eigenvalue weighted by Gasteiger charge is 2.43. The van der Waals surface area contributed by atoms with Crippen LogP contribution in [0.25, 0.3) is 0 Å². The van der Waals surface area contributed by atoms with E-state index in [0.29, 0.717) is 12.8 Å². The Bertz CT molecular complexity index is 739. The summed E-state index contributed by atoms with van der Waals surface area (Å²) < 4.78 is 41.7. The molecular weight excluding hydrogens is 355 g/mol. The molecule has 1 aromatic rings. The molecule has 0 atom stereocenters. The van der Waals surface area contributed by atoms with Crippen LogP contribution in [0.4, 0.5) is 4.39 Å². The topological polar surface area (TPSA) is 75.3 Å². The fraction of sp³-hybridized carbons (Fsp3) is 0.632. The van der Waals surface area contributed by atoms with Crippen molar-refractivity contribution in [3.63, 3.8) is 0 Å². The van der Waals surface area contributed by atoms with Crippen molar-refractivity contribution in [3.05, 3.63) is 30.1 Å². The minimum Gasteiger partial charge on any atom is -0.352 e. The van der Waals surface area contributed by atoms with Crippen LogP contribution < -0.4 is 10.0 Å². The summed E-state index contributed by atoms with van der Waals surface area (Å²) in [7, 11) is -3.98. The van der Waals surface area contributed by atoms with Crippen LogP contribution in [0.1, 0.15) is 64.2 Å². The summed E-state index contributed by atoms with van der Waals surface area (Å²) in [4.78, 5) is 12.9. The third-order valence-electron chi connectivity index (χ3n) is 5.52. The number of carbonyl (C=O) groups is 1. The molecule has 2 N–H and O–H groups in total. The Morgan fingerprint density at radius 1 is 1.04 bits per heavy atom. The number of sulfonamides is 1. The van der Waals surface area contributed by atoms with Gasteiger partial charge in [-0.1, -0.05) is 44.6 Å². The van der Waals surface area contributed by atoms with E-state index in [9.17, 15) is 17.6 Å². The highest BCUT2D eigenvalue weighted by Crippen LogP contribution is 2.31. The van der Waals surface area contributed by atoms with Gasteiger partial charge in [0, 0.05) is 6.04 Å². The van der Waals surface area contributed by atoms with Crippen molar-refractivity contribution in [1.29, 1.82) is 0 Å². The van der Waals surface area contributed by atoms with Crippen molar-refractivity contribution >= 4 is 15.9 Å². The molecule has 2 saturated carbocycles. The second-order valence-electron chi connectivity index (χ2n) is 7.51. The van der Waals surface area contributed by atoms with Crippen molar-refractivity contribution in [2.24, 2.45) is 0 Å². The Labute approximate surface area is 154 Å². The van der Waals surface area contributed by atoms with Crippen molar-refractivity contribution < 1.29 is 17.6 Å². The van der Waals surface area contributed by atoms with E-state index in [-0.39, 0.29) is 16.8 Å². The fourth-order valence-electron chi connectivity index (χ4n) is 4.05. The Kier molecular flexibility index (Phi) is 5.97. The van der Waals surface area contributed by atoms with E-state index in [2.05, 4.69) is 10.0 Å². The van der Waals surface area contributed by atoms with Gasteiger partial charge < -0.3 is 5.32 Å². The molecule has 7 heteroatoms. The minimum atomic E-state index is -3.98. The van der Waals surface area contributed by atoms with Gasteiger partial charge in [-0.25, -0.2) is 12.8 Å². The number of hydrogen-bond acceptors (Lipinski definition) is 3. The molecule has 2 aliphatic carbocycles. The second-order valence-corrected chi connectivity index (χ2v) is 9.20. The monoisotopic (exact) mass is 382 g/mol. The van der Waals surface area contributed by atoms with E-state index in [1.54, 1.807) is 0 Å². The molecule has 144 valence electrons. The molecule has 0 saturated heterocycles. The molecule has 2 fully saturated rings. The van der Waals surface area contributed by atoms with E-state index in [0.717, 1.165) is 51.0 Å². The van der Waals surface area contributed by atoms with Crippen LogP contribution in [0.15, 0.2) is 29.2 Å². The van der Waals surface area contributed by atoms with Crippen LogP contribution in [-0.4, -0.2) is 25.9 Å². The Hall–Kier alpha value is -1.47. The lowest BCUT2D eigenvalue weighted by Gasteiger charge is -2.38. The molecular formula is C19H27FN2O3S. The van der Waals surface area contributed by atoms with E-state index in [1.807, 2.05) is 0 Å². The third-order valence-corrected chi connectivity index (χ3v) is 7.05. The molecule has 0 spiro atoms. The van der Waals surface area contributed by atoms with Crippen LogP contribution in [0, 0.1) is 5.82 Å². The highest BCUT2D eigenvalue weighted by molar-refractivity contribution is 7.89. The van der Waals surface area contributed by atoms with Gasteiger partial charge in [0.05, 0.1) is 4.90 Å². The lowest BCUT2D eigenvalue weighted by Crippen LogP contribution is -2.61. The minimum absolute atomic E-state index is 0.119. The molecule has 0 bridgehead atoms. The number of halogens is 1. The zero-order valence-corrected chi connectivity index (χ0v) is 15.8. The molecule has 26 heavy (non-hydrogen) atoms. The van der Waals surface area contributed by atoms with Crippen LogP contribution in [0.5, 0.6) is 0 Å². The van der Waals surface area contributed by atoms with E-state index in [4.69, 9.17) is 0 Å². The Morgan fingerprint density at radius 2 is 1.69 bits per heavy atom. The average Bonchev–Trinajstić information content (AvgIpc) is 2.63. The summed E-state index contributed by atoms with van der Waals surface area (Å²) in [6, 6.07) is 5.01. The Morgan fingerprint density at radius 3 is 2.35 bits per heavy atom. The van der Waals surface area contributed by atoms with E-state index < -0.39 is 21.4 Å². The molecule has 0 heterocycles. The SMILES string of the molecule is O=C(NC1CCCCC1)C1(NS(=O)(=O)c2cccc(F)c2)CCCCC1. The van der Waals surface area contributed by atoms with Gasteiger partial charge in [-0.15, -0.1) is 0 Å². The predicted octanol–water partition coefficient (Wildman–Crippen LogP) is 3.26. The molecule has 0 aliphatic heterocycles. The number of hydrogen-bond donors (Lipinski definition) is 2. The number of carbonyl (C=O) groups excluding carboxylic acids is 1. The van der Waals surface area contributed by atoms with Crippen molar-refractivity contribution in [2.45, 2.75) is 80.7 Å². The van der Waals surface area contributed by atoms with Gasteiger partial charge in [0.1, 0.15) is 11.4 Å². The number of amides is 1. The predicted molar refractivity (Wildman–Crippen MR) is 97.6 cm³/mol. The van der Waals surface area contributed by atoms with E-state index >= 15 is 0 Å². The lowest BCUT2D eigenvalue weighted by atomic mass is 9.81. The molecule has 3 rings (SSSR count). The first-order valence-corrected chi connectivity index (χ1v) is 11.0. The summed E-state index contributed by atoms with van der Waals surface area (Å²) in [6.07, 6.45) is 8.77. The average molecular weight is 383 g/mol. The molecule has 1 amide bonds. The third kappa shape index (κ3) is 4.43. The molecule has 5 nitrogen and oxygen atoms in total. The molecule has 0 aromatic heterocycles. The first kappa shape index (κ1) is 19.3. The smallest absolute Gasteiger partial charge is 0.241 e. The molecule has 1 aromatic carbocycles. The van der Waals surface area contributed by atoms with Gasteiger partial charge in [-0.05, 0) is 43.9 Å². The van der Waals surface area contributed by atoms with Gasteiger partial charge in [-0.2, -0.15) is 4.72 Å². The zero-order valence-electron chi connectivity index (χ0n) is 15.0. The van der Waals surface area contributed by atoms with Crippen molar-refractivity contribution in [1.82, 2.24) is 10.0 Å². The van der Waals surface area contributed by atoms with Crippen LogP contribution in [0.3, 0.4) is 0 Å². The van der Waals surface area contributed by atoms with Crippen molar-refractivity contribution in [2.75, 3.05) is 0 Å². The van der Waals surface area contributed by atoms with Crippen LogP contribution in [-0.2, 0) is 14.8 Å². The summed E-state index contributed by atoms with van der Waals surface area (Å²) in [5, 5.41) is 3.07. The second kappa shape index (κ2) is 8.05. The number of nitrogens with one attached hydrogen (secondary N) is 2. The lowest BCUT2D eigenvalue weighted by molar-refractivity contribution is -0.129. The van der Waals surface area contributed by atoms with Crippen LogP contribution >= 0.6 is 0 Å². The Balaban J connectivity index is 1.81. The summed E-state index contributed by atoms with van der Waals surface area (Å²) in [5.41, 5.74) is -1.14. The maximum Gasteiger partial charge on any atom is 0.241 e. The standard InChI is InChI=1S/C19H27FN2O3S/c20-15-8-7-11-17(14-15)26(24,25)22-19(12-5-2-6-13-19)18(23)21-16-9-3-1-4-10-16/h7-8,11,14,16,22H,1-6,9-10,12-13H2,(H,21,23). The van der Waals surface area contributed by atoms with Crippen LogP contribution in [0.2, 0.25) is 0 Å². The van der Waals surface area contributed by atoms with Gasteiger partial charge in [0.2, 0.25) is 15.9 Å². The summed E-state index contributed by atoms with van der Waals surface area (Å²) >= 11 is 0.